The van der Waals surface area contributed by atoms with Gasteiger partial charge in [0.1, 0.15) is 24.0 Å². The maximum atomic E-state index is 12.6. The van der Waals surface area contributed by atoms with Gasteiger partial charge in [0, 0.05) is 12.3 Å². The number of rotatable bonds is 6. The van der Waals surface area contributed by atoms with Gasteiger partial charge in [-0.1, -0.05) is 60.7 Å². The van der Waals surface area contributed by atoms with Crippen molar-refractivity contribution in [3.63, 3.8) is 0 Å². The molecule has 1 aliphatic heterocycles. The molecule has 1 amide bonds. The average molecular weight is 472 g/mol. The van der Waals surface area contributed by atoms with E-state index in [-0.39, 0.29) is 24.5 Å². The number of carboxylic acid groups (broad SMARTS) is 1. The van der Waals surface area contributed by atoms with E-state index >= 15 is 0 Å². The average Bonchev–Trinajstić information content (AvgIpc) is 3.15. The molecule has 0 saturated heterocycles. The van der Waals surface area contributed by atoms with E-state index in [1.54, 1.807) is 0 Å². The molecule has 5 rings (SSSR count). The second-order valence-electron chi connectivity index (χ2n) is 9.87. The molecular weight excluding hydrogens is 442 g/mol. The topological polar surface area (TPSA) is 84.9 Å². The number of fused-ring (bicyclic) bond motifs is 4. The standard InChI is InChI=1S/C29H29NO5/c1-29(2)14-13-19-15-18(11-12-26(19)35-29)16-25(27(31)32)30-28(33)34-17-24-22-9-5-3-7-20(22)21-8-4-6-10-23(21)24/h3-12,15,24-25H,13-14,16-17H2,1-2H3,(H,30,33)(H,31,32)/t25-/m0/s1. The lowest BCUT2D eigenvalue weighted by Gasteiger charge is -2.32. The van der Waals surface area contributed by atoms with E-state index in [1.807, 2.05) is 54.6 Å². The summed E-state index contributed by atoms with van der Waals surface area (Å²) in [4.78, 5) is 24.5. The Hall–Kier alpha value is -3.80. The summed E-state index contributed by atoms with van der Waals surface area (Å²) in [5, 5.41) is 12.3. The van der Waals surface area contributed by atoms with E-state index in [9.17, 15) is 14.7 Å². The summed E-state index contributed by atoms with van der Waals surface area (Å²) >= 11 is 0. The number of alkyl carbamates (subject to hydrolysis) is 1. The lowest BCUT2D eigenvalue weighted by atomic mass is 9.92. The van der Waals surface area contributed by atoms with Crippen LogP contribution in [0.1, 0.15) is 48.4 Å². The molecule has 180 valence electrons. The van der Waals surface area contributed by atoms with Gasteiger partial charge in [0.15, 0.2) is 0 Å². The number of benzene rings is 3. The Morgan fingerprint density at radius 1 is 1.06 bits per heavy atom. The van der Waals surface area contributed by atoms with E-state index in [2.05, 4.69) is 31.3 Å². The van der Waals surface area contributed by atoms with Crippen LogP contribution in [0.3, 0.4) is 0 Å². The molecule has 1 aliphatic carbocycles. The van der Waals surface area contributed by atoms with E-state index in [0.29, 0.717) is 0 Å². The molecule has 3 aromatic carbocycles. The number of nitrogens with one attached hydrogen (secondary N) is 1. The second-order valence-corrected chi connectivity index (χ2v) is 9.87. The summed E-state index contributed by atoms with van der Waals surface area (Å²) in [6.07, 6.45) is 1.19. The SMILES string of the molecule is CC1(C)CCc2cc(C[C@H](NC(=O)OCC3c4ccccc4-c4ccccc43)C(=O)O)ccc2O1. The molecule has 0 unspecified atom stereocenters. The van der Waals surface area contributed by atoms with E-state index in [4.69, 9.17) is 9.47 Å². The van der Waals surface area contributed by atoms with Crippen molar-refractivity contribution < 1.29 is 24.2 Å². The molecule has 0 bridgehead atoms. The van der Waals surface area contributed by atoms with Crippen molar-refractivity contribution in [1.82, 2.24) is 5.32 Å². The molecule has 6 heteroatoms. The van der Waals surface area contributed by atoms with Crippen molar-refractivity contribution in [1.29, 1.82) is 0 Å². The Labute approximate surface area is 204 Å². The van der Waals surface area contributed by atoms with Crippen molar-refractivity contribution in [2.24, 2.45) is 0 Å². The molecule has 2 aliphatic rings. The molecular formula is C29H29NO5. The molecule has 1 atom stereocenters. The lowest BCUT2D eigenvalue weighted by Crippen LogP contribution is -2.43. The number of amides is 1. The van der Waals surface area contributed by atoms with Gasteiger partial charge in [-0.15, -0.1) is 0 Å². The minimum absolute atomic E-state index is 0.0821. The van der Waals surface area contributed by atoms with Crippen LogP contribution < -0.4 is 10.1 Å². The molecule has 6 nitrogen and oxygen atoms in total. The molecule has 0 saturated carbocycles. The van der Waals surface area contributed by atoms with Gasteiger partial charge in [0.2, 0.25) is 0 Å². The maximum absolute atomic E-state index is 12.6. The first kappa shape index (κ1) is 23.0. The second kappa shape index (κ2) is 9.10. The Morgan fingerprint density at radius 2 is 1.71 bits per heavy atom. The molecule has 0 radical (unpaired) electrons. The molecule has 2 N–H and O–H groups in total. The van der Waals surface area contributed by atoms with Gasteiger partial charge in [0.25, 0.3) is 0 Å². The number of carbonyl (C=O) groups is 2. The fourth-order valence-electron chi connectivity index (χ4n) is 5.06. The Bertz CT molecular complexity index is 1240. The zero-order valence-electron chi connectivity index (χ0n) is 19.9. The maximum Gasteiger partial charge on any atom is 0.407 e. The third-order valence-electron chi connectivity index (χ3n) is 6.88. The van der Waals surface area contributed by atoms with E-state index < -0.39 is 18.1 Å². The van der Waals surface area contributed by atoms with Gasteiger partial charge in [-0.25, -0.2) is 9.59 Å². The predicted octanol–water partition coefficient (Wildman–Crippen LogP) is 5.32. The Balaban J connectivity index is 1.24. The van der Waals surface area contributed by atoms with Crippen molar-refractivity contribution in [3.05, 3.63) is 89.0 Å². The largest absolute Gasteiger partial charge is 0.488 e. The lowest BCUT2D eigenvalue weighted by molar-refractivity contribution is -0.139. The number of aryl methyl sites for hydroxylation is 1. The van der Waals surface area contributed by atoms with Crippen LogP contribution in [0.25, 0.3) is 11.1 Å². The summed E-state index contributed by atoms with van der Waals surface area (Å²) in [6, 6.07) is 20.8. The third-order valence-corrected chi connectivity index (χ3v) is 6.88. The quantitative estimate of drug-likeness (QED) is 0.508. The van der Waals surface area contributed by atoms with E-state index in [1.165, 1.54) is 0 Å². The zero-order valence-corrected chi connectivity index (χ0v) is 19.9. The predicted molar refractivity (Wildman–Crippen MR) is 133 cm³/mol. The van der Waals surface area contributed by atoms with Gasteiger partial charge < -0.3 is 19.9 Å². The fourth-order valence-corrected chi connectivity index (χ4v) is 5.06. The van der Waals surface area contributed by atoms with Crippen LogP contribution in [0.4, 0.5) is 4.79 Å². The van der Waals surface area contributed by atoms with Gasteiger partial charge in [-0.05, 0) is 66.1 Å². The number of hydrogen-bond acceptors (Lipinski definition) is 4. The highest BCUT2D eigenvalue weighted by Gasteiger charge is 2.30. The molecule has 0 fully saturated rings. The number of carboxylic acids is 1. The minimum Gasteiger partial charge on any atom is -0.488 e. The van der Waals surface area contributed by atoms with Gasteiger partial charge in [-0.2, -0.15) is 0 Å². The fraction of sp³-hybridized carbons (Fsp3) is 0.310. The third kappa shape index (κ3) is 4.74. The van der Waals surface area contributed by atoms with Crippen LogP contribution in [-0.4, -0.2) is 35.4 Å². The smallest absolute Gasteiger partial charge is 0.407 e. The van der Waals surface area contributed by atoms with Crippen molar-refractivity contribution in [2.75, 3.05) is 6.61 Å². The van der Waals surface area contributed by atoms with Crippen molar-refractivity contribution >= 4 is 12.1 Å². The van der Waals surface area contributed by atoms with Crippen LogP contribution in [-0.2, 0) is 22.4 Å². The number of carbonyl (C=O) groups excluding carboxylic acids is 1. The van der Waals surface area contributed by atoms with Crippen LogP contribution in [0, 0.1) is 0 Å². The molecule has 3 aromatic rings. The molecule has 1 heterocycles. The number of hydrogen-bond donors (Lipinski definition) is 2. The minimum atomic E-state index is -1.10. The molecule has 35 heavy (non-hydrogen) atoms. The monoisotopic (exact) mass is 471 g/mol. The van der Waals surface area contributed by atoms with Gasteiger partial charge >= 0.3 is 12.1 Å². The van der Waals surface area contributed by atoms with Gasteiger partial charge in [-0.3, -0.25) is 0 Å². The van der Waals surface area contributed by atoms with Gasteiger partial charge in [0.05, 0.1) is 0 Å². The summed E-state index contributed by atoms with van der Waals surface area (Å²) in [6.45, 7) is 4.25. The summed E-state index contributed by atoms with van der Waals surface area (Å²) in [5.41, 5.74) is 6.18. The molecule has 0 spiro atoms. The van der Waals surface area contributed by atoms with Crippen LogP contribution in [0.5, 0.6) is 5.75 Å². The number of ether oxygens (including phenoxy) is 2. The highest BCUT2D eigenvalue weighted by Crippen LogP contribution is 2.44. The molecule has 0 aromatic heterocycles. The first-order chi connectivity index (χ1) is 16.8. The van der Waals surface area contributed by atoms with Crippen LogP contribution in [0.15, 0.2) is 66.7 Å². The zero-order chi connectivity index (χ0) is 24.6. The normalized spacial score (nSPS) is 16.3. The highest BCUT2D eigenvalue weighted by atomic mass is 16.5. The summed E-state index contributed by atoms with van der Waals surface area (Å²) < 4.78 is 11.6. The summed E-state index contributed by atoms with van der Waals surface area (Å²) in [5.74, 6) is -0.351. The van der Waals surface area contributed by atoms with Crippen LogP contribution in [0.2, 0.25) is 0 Å². The van der Waals surface area contributed by atoms with Crippen molar-refractivity contribution in [2.45, 2.75) is 50.7 Å². The van der Waals surface area contributed by atoms with Crippen molar-refractivity contribution in [3.8, 4) is 16.9 Å². The Kier molecular flexibility index (Phi) is 5.97. The van der Waals surface area contributed by atoms with Crippen LogP contribution >= 0.6 is 0 Å². The first-order valence-electron chi connectivity index (χ1n) is 12.0. The van der Waals surface area contributed by atoms with E-state index in [0.717, 1.165) is 52.0 Å². The number of aliphatic carboxylic acids is 1. The first-order valence-corrected chi connectivity index (χ1v) is 12.0. The summed E-state index contributed by atoms with van der Waals surface area (Å²) in [7, 11) is 0. The Morgan fingerprint density at radius 3 is 2.37 bits per heavy atom. The highest BCUT2D eigenvalue weighted by molar-refractivity contribution is 5.81.